The Morgan fingerprint density at radius 2 is 1.92 bits per heavy atom. The highest BCUT2D eigenvalue weighted by Crippen LogP contribution is 2.38. The van der Waals surface area contributed by atoms with E-state index in [9.17, 15) is 23.1 Å². The van der Waals surface area contributed by atoms with Crippen molar-refractivity contribution in [3.8, 4) is 0 Å². The molecule has 0 saturated carbocycles. The first-order valence-electron chi connectivity index (χ1n) is 7.43. The molecule has 2 aromatic rings. The lowest BCUT2D eigenvalue weighted by Gasteiger charge is -2.20. The molecule has 3 N–H and O–H groups in total. The Hall–Kier alpha value is -2.71. The molecular weight excluding hydrogens is 344 g/mol. The van der Waals surface area contributed by atoms with Crippen LogP contribution in [0.4, 0.5) is 11.4 Å². The molecule has 0 spiro atoms. The summed E-state index contributed by atoms with van der Waals surface area (Å²) in [6.45, 7) is 0. The molecule has 0 radical (unpaired) electrons. The molecule has 1 aliphatic heterocycles. The van der Waals surface area contributed by atoms with E-state index in [-0.39, 0.29) is 11.3 Å². The Kier molecular flexibility index (Phi) is 4.09. The van der Waals surface area contributed by atoms with Gasteiger partial charge in [0.1, 0.15) is 0 Å². The van der Waals surface area contributed by atoms with E-state index in [1.54, 1.807) is 24.3 Å². The average Bonchev–Trinajstić information content (AvgIpc) is 2.77. The Morgan fingerprint density at radius 1 is 1.20 bits per heavy atom. The fourth-order valence-electron chi connectivity index (χ4n) is 2.78. The van der Waals surface area contributed by atoms with Crippen LogP contribution >= 0.6 is 0 Å². The molecule has 3 rings (SSSR count). The van der Waals surface area contributed by atoms with Crippen molar-refractivity contribution in [3.05, 3.63) is 59.7 Å². The van der Waals surface area contributed by atoms with Gasteiger partial charge in [0.15, 0.2) is 11.4 Å². The summed E-state index contributed by atoms with van der Waals surface area (Å²) >= 11 is 0. The molecule has 1 aliphatic rings. The van der Waals surface area contributed by atoms with Crippen molar-refractivity contribution >= 4 is 33.1 Å². The summed E-state index contributed by atoms with van der Waals surface area (Å²) in [6, 6.07) is 12.5. The second kappa shape index (κ2) is 5.98. The Balaban J connectivity index is 1.88. The standard InChI is InChI=1S/C17H16N2O5S/c1-25(23,24)19-12-6-4-5-11(9-12)15(20)10-17(22)13-7-2-3-8-14(13)18-16(17)21/h2-9,19,22H,10H2,1H3,(H,18,21)/t17-/m1/s1. The van der Waals surface area contributed by atoms with E-state index in [4.69, 9.17) is 0 Å². The van der Waals surface area contributed by atoms with Crippen LogP contribution in [0.5, 0.6) is 0 Å². The number of nitrogens with one attached hydrogen (secondary N) is 2. The van der Waals surface area contributed by atoms with Gasteiger partial charge >= 0.3 is 0 Å². The molecule has 1 atom stereocenters. The van der Waals surface area contributed by atoms with Gasteiger partial charge in [0.25, 0.3) is 5.91 Å². The summed E-state index contributed by atoms with van der Waals surface area (Å²) in [5.41, 5.74) is -0.710. The molecule has 0 aromatic heterocycles. The van der Waals surface area contributed by atoms with Crippen molar-refractivity contribution < 1.29 is 23.1 Å². The summed E-state index contributed by atoms with van der Waals surface area (Å²) in [7, 11) is -3.48. The van der Waals surface area contributed by atoms with Gasteiger partial charge in [0.05, 0.1) is 12.7 Å². The lowest BCUT2D eigenvalue weighted by molar-refractivity contribution is -0.133. The third-order valence-corrected chi connectivity index (χ3v) is 4.51. The van der Waals surface area contributed by atoms with Crippen LogP contribution in [-0.2, 0) is 20.4 Å². The lowest BCUT2D eigenvalue weighted by atomic mass is 9.88. The fourth-order valence-corrected chi connectivity index (χ4v) is 3.34. The molecule has 25 heavy (non-hydrogen) atoms. The monoisotopic (exact) mass is 360 g/mol. The molecule has 8 heteroatoms. The van der Waals surface area contributed by atoms with Crippen molar-refractivity contribution in [2.75, 3.05) is 16.3 Å². The van der Waals surface area contributed by atoms with Gasteiger partial charge in [0.2, 0.25) is 10.0 Å². The van der Waals surface area contributed by atoms with Gasteiger partial charge in [-0.2, -0.15) is 0 Å². The minimum atomic E-state index is -3.48. The number of amides is 1. The molecule has 0 unspecified atom stereocenters. The molecule has 7 nitrogen and oxygen atoms in total. The number of ketones is 1. The maximum atomic E-state index is 12.6. The van der Waals surface area contributed by atoms with Gasteiger partial charge in [-0.05, 0) is 18.2 Å². The fraction of sp³-hybridized carbons (Fsp3) is 0.176. The summed E-state index contributed by atoms with van der Waals surface area (Å²) in [5, 5.41) is 13.3. The number of hydrogen-bond acceptors (Lipinski definition) is 5. The summed E-state index contributed by atoms with van der Waals surface area (Å²) in [5.74, 6) is -1.14. The number of carbonyl (C=O) groups is 2. The minimum absolute atomic E-state index is 0.194. The number of aliphatic hydroxyl groups is 1. The Bertz CT molecular complexity index is 971. The van der Waals surface area contributed by atoms with Crippen molar-refractivity contribution in [2.45, 2.75) is 12.0 Å². The van der Waals surface area contributed by atoms with Gasteiger partial charge in [-0.15, -0.1) is 0 Å². The summed E-state index contributed by atoms with van der Waals surface area (Å²) in [4.78, 5) is 24.7. The minimum Gasteiger partial charge on any atom is -0.375 e. The van der Waals surface area contributed by atoms with E-state index in [1.165, 1.54) is 24.3 Å². The van der Waals surface area contributed by atoms with E-state index >= 15 is 0 Å². The number of fused-ring (bicyclic) bond motifs is 1. The normalized spacial score (nSPS) is 19.2. The number of carbonyl (C=O) groups excluding carboxylic acids is 2. The molecule has 0 fully saturated rings. The Labute approximate surface area is 144 Å². The summed E-state index contributed by atoms with van der Waals surface area (Å²) < 4.78 is 24.9. The predicted octanol–water partition coefficient (Wildman–Crippen LogP) is 1.47. The number of sulfonamides is 1. The SMILES string of the molecule is CS(=O)(=O)Nc1cccc(C(=O)C[C@]2(O)C(=O)Nc3ccccc32)c1. The smallest absolute Gasteiger partial charge is 0.261 e. The Morgan fingerprint density at radius 3 is 2.64 bits per heavy atom. The molecular formula is C17H16N2O5S. The van der Waals surface area contributed by atoms with E-state index in [0.29, 0.717) is 11.3 Å². The van der Waals surface area contributed by atoms with Gasteiger partial charge in [-0.3, -0.25) is 14.3 Å². The van der Waals surface area contributed by atoms with Crippen molar-refractivity contribution in [1.82, 2.24) is 0 Å². The molecule has 0 saturated heterocycles. The van der Waals surface area contributed by atoms with E-state index in [1.807, 2.05) is 0 Å². The first-order valence-corrected chi connectivity index (χ1v) is 9.32. The highest BCUT2D eigenvalue weighted by Gasteiger charge is 2.46. The quantitative estimate of drug-likeness (QED) is 0.699. The number of rotatable bonds is 5. The number of benzene rings is 2. The van der Waals surface area contributed by atoms with Gasteiger partial charge in [0, 0.05) is 22.5 Å². The number of Topliss-reactive ketones (excluding diaryl/α,β-unsaturated/α-hetero) is 1. The topological polar surface area (TPSA) is 113 Å². The third-order valence-electron chi connectivity index (χ3n) is 3.90. The van der Waals surface area contributed by atoms with Crippen LogP contribution in [0.25, 0.3) is 0 Å². The third kappa shape index (κ3) is 3.40. The maximum Gasteiger partial charge on any atom is 0.261 e. The number of anilines is 2. The van der Waals surface area contributed by atoms with Crippen LogP contribution < -0.4 is 10.0 Å². The second-order valence-corrected chi connectivity index (χ2v) is 7.66. The molecule has 130 valence electrons. The van der Waals surface area contributed by atoms with E-state index in [2.05, 4.69) is 10.0 Å². The van der Waals surface area contributed by atoms with Gasteiger partial charge in [-0.25, -0.2) is 8.42 Å². The highest BCUT2D eigenvalue weighted by atomic mass is 32.2. The van der Waals surface area contributed by atoms with Crippen LogP contribution in [0.1, 0.15) is 22.3 Å². The zero-order chi connectivity index (χ0) is 18.2. The van der Waals surface area contributed by atoms with Crippen molar-refractivity contribution in [1.29, 1.82) is 0 Å². The molecule has 1 heterocycles. The maximum absolute atomic E-state index is 12.6. The molecule has 0 aliphatic carbocycles. The van der Waals surface area contributed by atoms with E-state index < -0.39 is 33.7 Å². The highest BCUT2D eigenvalue weighted by molar-refractivity contribution is 7.92. The second-order valence-electron chi connectivity index (χ2n) is 5.91. The van der Waals surface area contributed by atoms with Crippen LogP contribution in [-0.4, -0.2) is 31.5 Å². The number of para-hydroxylation sites is 1. The molecule has 2 aromatic carbocycles. The zero-order valence-electron chi connectivity index (χ0n) is 13.3. The lowest BCUT2D eigenvalue weighted by Crippen LogP contribution is -2.36. The van der Waals surface area contributed by atoms with Crippen LogP contribution in [0, 0.1) is 0 Å². The van der Waals surface area contributed by atoms with Gasteiger partial charge in [-0.1, -0.05) is 30.3 Å². The predicted molar refractivity (Wildman–Crippen MR) is 92.8 cm³/mol. The van der Waals surface area contributed by atoms with Gasteiger partial charge < -0.3 is 10.4 Å². The first-order chi connectivity index (χ1) is 11.7. The molecule has 1 amide bonds. The zero-order valence-corrected chi connectivity index (χ0v) is 14.1. The number of hydrogen-bond donors (Lipinski definition) is 3. The summed E-state index contributed by atoms with van der Waals surface area (Å²) in [6.07, 6.45) is 0.558. The van der Waals surface area contributed by atoms with Crippen molar-refractivity contribution in [2.24, 2.45) is 0 Å². The van der Waals surface area contributed by atoms with Crippen LogP contribution in [0.3, 0.4) is 0 Å². The van der Waals surface area contributed by atoms with Crippen LogP contribution in [0.2, 0.25) is 0 Å². The van der Waals surface area contributed by atoms with E-state index in [0.717, 1.165) is 6.26 Å². The average molecular weight is 360 g/mol. The van der Waals surface area contributed by atoms with Crippen LogP contribution in [0.15, 0.2) is 48.5 Å². The largest absolute Gasteiger partial charge is 0.375 e. The molecule has 0 bridgehead atoms. The van der Waals surface area contributed by atoms with Crippen molar-refractivity contribution in [3.63, 3.8) is 0 Å². The first kappa shape index (κ1) is 17.1.